The molecule has 0 atom stereocenters. The molecule has 0 aromatic carbocycles. The average molecular weight is 363 g/mol. The van der Waals surface area contributed by atoms with Crippen LogP contribution < -0.4 is 10.6 Å². The quantitative estimate of drug-likeness (QED) is 0.349. The van der Waals surface area contributed by atoms with Crippen molar-refractivity contribution in [2.75, 3.05) is 58.4 Å². The number of sulfone groups is 1. The molecule has 24 heavy (non-hydrogen) atoms. The molecule has 1 fully saturated rings. The second-order valence-corrected chi connectivity index (χ2v) is 9.11. The molecular formula is C16H34N4O3S. The smallest absolute Gasteiger partial charge is 0.191 e. The highest BCUT2D eigenvalue weighted by Crippen LogP contribution is 2.11. The summed E-state index contributed by atoms with van der Waals surface area (Å²) in [6, 6.07) is 0.450. The number of guanidine groups is 1. The van der Waals surface area contributed by atoms with Gasteiger partial charge in [-0.1, -0.05) is 13.8 Å². The van der Waals surface area contributed by atoms with Crippen molar-refractivity contribution in [1.82, 2.24) is 15.5 Å². The molecule has 0 aliphatic carbocycles. The topological polar surface area (TPSA) is 83.0 Å². The van der Waals surface area contributed by atoms with Crippen molar-refractivity contribution in [2.24, 2.45) is 10.9 Å². The monoisotopic (exact) mass is 362 g/mol. The van der Waals surface area contributed by atoms with Gasteiger partial charge in [0.1, 0.15) is 9.84 Å². The average Bonchev–Trinajstić information content (AvgIpc) is 2.49. The molecule has 0 radical (unpaired) electrons. The summed E-state index contributed by atoms with van der Waals surface area (Å²) < 4.78 is 27.3. The Morgan fingerprint density at radius 2 is 1.96 bits per heavy atom. The lowest BCUT2D eigenvalue weighted by Crippen LogP contribution is -2.49. The molecule has 1 saturated heterocycles. The minimum absolute atomic E-state index is 0.0644. The molecule has 0 aromatic rings. The molecule has 1 rings (SSSR count). The molecule has 7 nitrogen and oxygen atoms in total. The van der Waals surface area contributed by atoms with Crippen LogP contribution in [0, 0.1) is 5.92 Å². The molecule has 1 aliphatic rings. The van der Waals surface area contributed by atoms with Crippen LogP contribution in [0.3, 0.4) is 0 Å². The van der Waals surface area contributed by atoms with Crippen LogP contribution in [0.15, 0.2) is 4.99 Å². The van der Waals surface area contributed by atoms with Gasteiger partial charge in [-0.25, -0.2) is 8.42 Å². The molecule has 0 aromatic heterocycles. The van der Waals surface area contributed by atoms with Gasteiger partial charge in [-0.05, 0) is 18.8 Å². The number of aliphatic imine (C=N–C) groups is 1. The van der Waals surface area contributed by atoms with Crippen LogP contribution in [0.1, 0.15) is 26.7 Å². The second kappa shape index (κ2) is 10.9. The first kappa shape index (κ1) is 21.2. The summed E-state index contributed by atoms with van der Waals surface area (Å²) >= 11 is 0. The standard InChI is InChI=1S/C16H34N4O3S/c1-14(2)13-20-8-5-15(6-9-20)19-16(17-3)18-7-10-23-11-12-24(4,21)22/h14-15H,5-13H2,1-4H3,(H2,17,18,19). The van der Waals surface area contributed by atoms with Crippen LogP contribution >= 0.6 is 0 Å². The van der Waals surface area contributed by atoms with E-state index in [1.165, 1.54) is 12.8 Å². The van der Waals surface area contributed by atoms with Gasteiger partial charge < -0.3 is 20.3 Å². The maximum Gasteiger partial charge on any atom is 0.191 e. The summed E-state index contributed by atoms with van der Waals surface area (Å²) in [7, 11) is -1.19. The number of hydrogen-bond acceptors (Lipinski definition) is 5. The molecule has 0 unspecified atom stereocenters. The van der Waals surface area contributed by atoms with Gasteiger partial charge in [0.15, 0.2) is 5.96 Å². The van der Waals surface area contributed by atoms with Crippen LogP contribution in [-0.2, 0) is 14.6 Å². The minimum atomic E-state index is -2.95. The lowest BCUT2D eigenvalue weighted by atomic mass is 10.0. The van der Waals surface area contributed by atoms with Crippen molar-refractivity contribution in [3.63, 3.8) is 0 Å². The predicted molar refractivity (Wildman–Crippen MR) is 99.3 cm³/mol. The Bertz CT molecular complexity index is 472. The molecule has 0 bridgehead atoms. The maximum absolute atomic E-state index is 11.0. The Balaban J connectivity index is 2.15. The number of nitrogens with one attached hydrogen (secondary N) is 2. The normalized spacial score (nSPS) is 18.1. The predicted octanol–water partition coefficient (Wildman–Crippen LogP) is 0.333. The Morgan fingerprint density at radius 1 is 1.29 bits per heavy atom. The van der Waals surface area contributed by atoms with Crippen LogP contribution in [0.5, 0.6) is 0 Å². The molecule has 2 N–H and O–H groups in total. The highest BCUT2D eigenvalue weighted by molar-refractivity contribution is 7.90. The fraction of sp³-hybridized carbons (Fsp3) is 0.938. The largest absolute Gasteiger partial charge is 0.379 e. The van der Waals surface area contributed by atoms with Crippen molar-refractivity contribution < 1.29 is 13.2 Å². The van der Waals surface area contributed by atoms with E-state index < -0.39 is 9.84 Å². The fourth-order valence-electron chi connectivity index (χ4n) is 2.72. The second-order valence-electron chi connectivity index (χ2n) is 6.85. The molecule has 0 amide bonds. The molecule has 0 spiro atoms. The van der Waals surface area contributed by atoms with E-state index in [0.29, 0.717) is 25.1 Å². The molecular weight excluding hydrogens is 328 g/mol. The van der Waals surface area contributed by atoms with E-state index in [-0.39, 0.29) is 12.4 Å². The number of ether oxygens (including phenoxy) is 1. The summed E-state index contributed by atoms with van der Waals surface area (Å²) in [6.07, 6.45) is 3.46. The zero-order chi connectivity index (χ0) is 18.0. The first-order valence-corrected chi connectivity index (χ1v) is 10.8. The highest BCUT2D eigenvalue weighted by Gasteiger charge is 2.20. The van der Waals surface area contributed by atoms with Crippen LogP contribution in [-0.4, -0.2) is 83.8 Å². The van der Waals surface area contributed by atoms with E-state index in [1.807, 2.05) is 0 Å². The van der Waals surface area contributed by atoms with Gasteiger partial charge >= 0.3 is 0 Å². The fourth-order valence-corrected chi connectivity index (χ4v) is 3.14. The zero-order valence-electron chi connectivity index (χ0n) is 15.5. The third-order valence-electron chi connectivity index (χ3n) is 3.91. The van der Waals surface area contributed by atoms with Gasteiger partial charge in [-0.3, -0.25) is 4.99 Å². The summed E-state index contributed by atoms with van der Waals surface area (Å²) in [5.41, 5.74) is 0. The van der Waals surface area contributed by atoms with Gasteiger partial charge in [0.05, 0.1) is 19.0 Å². The zero-order valence-corrected chi connectivity index (χ0v) is 16.4. The van der Waals surface area contributed by atoms with Crippen LogP contribution in [0.25, 0.3) is 0 Å². The van der Waals surface area contributed by atoms with E-state index in [4.69, 9.17) is 4.74 Å². The van der Waals surface area contributed by atoms with E-state index >= 15 is 0 Å². The van der Waals surface area contributed by atoms with E-state index in [0.717, 1.165) is 31.9 Å². The molecule has 0 saturated carbocycles. The van der Waals surface area contributed by atoms with E-state index in [1.54, 1.807) is 7.05 Å². The molecule has 142 valence electrons. The number of piperidine rings is 1. The SMILES string of the molecule is CN=C(NCCOCCS(C)(=O)=O)NC1CCN(CC(C)C)CC1. The maximum atomic E-state index is 11.0. The lowest BCUT2D eigenvalue weighted by Gasteiger charge is -2.33. The summed E-state index contributed by atoms with van der Waals surface area (Å²) in [5.74, 6) is 1.56. The van der Waals surface area contributed by atoms with Crippen LogP contribution in [0.4, 0.5) is 0 Å². The minimum Gasteiger partial charge on any atom is -0.379 e. The van der Waals surface area contributed by atoms with Gasteiger partial charge in [-0.15, -0.1) is 0 Å². The summed E-state index contributed by atoms with van der Waals surface area (Å²) in [6.45, 7) is 9.25. The Hall–Kier alpha value is -0.860. The van der Waals surface area contributed by atoms with Crippen LogP contribution in [0.2, 0.25) is 0 Å². The number of hydrogen-bond donors (Lipinski definition) is 2. The summed E-state index contributed by atoms with van der Waals surface area (Å²) in [5, 5.41) is 6.66. The Labute approximate surface area is 147 Å². The molecule has 1 heterocycles. The number of likely N-dealkylation sites (tertiary alicyclic amines) is 1. The Kier molecular flexibility index (Phi) is 9.61. The van der Waals surface area contributed by atoms with Gasteiger partial charge in [0.2, 0.25) is 0 Å². The third kappa shape index (κ3) is 10.1. The van der Waals surface area contributed by atoms with Crippen molar-refractivity contribution in [3.05, 3.63) is 0 Å². The molecule has 1 aliphatic heterocycles. The van der Waals surface area contributed by atoms with Gasteiger partial charge in [-0.2, -0.15) is 0 Å². The first-order chi connectivity index (χ1) is 11.3. The van der Waals surface area contributed by atoms with E-state index in [2.05, 4.69) is 34.4 Å². The Morgan fingerprint density at radius 3 is 2.50 bits per heavy atom. The number of nitrogens with zero attached hydrogens (tertiary/aromatic N) is 2. The van der Waals surface area contributed by atoms with Crippen molar-refractivity contribution in [3.8, 4) is 0 Å². The molecule has 8 heteroatoms. The highest BCUT2D eigenvalue weighted by atomic mass is 32.2. The van der Waals surface area contributed by atoms with Crippen molar-refractivity contribution in [1.29, 1.82) is 0 Å². The van der Waals surface area contributed by atoms with Gasteiger partial charge in [0.25, 0.3) is 0 Å². The third-order valence-corrected chi connectivity index (χ3v) is 4.82. The summed E-state index contributed by atoms with van der Waals surface area (Å²) in [4.78, 5) is 6.76. The number of rotatable bonds is 9. The first-order valence-electron chi connectivity index (χ1n) is 8.75. The van der Waals surface area contributed by atoms with Crippen molar-refractivity contribution in [2.45, 2.75) is 32.7 Å². The van der Waals surface area contributed by atoms with Gasteiger partial charge in [0, 0.05) is 45.5 Å². The van der Waals surface area contributed by atoms with E-state index in [9.17, 15) is 8.42 Å². The lowest BCUT2D eigenvalue weighted by molar-refractivity contribution is 0.153. The van der Waals surface area contributed by atoms with Crippen molar-refractivity contribution >= 4 is 15.8 Å².